The van der Waals surface area contributed by atoms with Gasteiger partial charge in [0.15, 0.2) is 0 Å². The number of hydrogen-bond acceptors (Lipinski definition) is 4. The van der Waals surface area contributed by atoms with Gasteiger partial charge in [-0.25, -0.2) is 0 Å². The van der Waals surface area contributed by atoms with Crippen molar-refractivity contribution in [3.05, 3.63) is 0 Å². The molecular formula is C15H28N2O2. The Kier molecular flexibility index (Phi) is 4.85. The lowest BCUT2D eigenvalue weighted by Crippen LogP contribution is -2.52. The van der Waals surface area contributed by atoms with Crippen LogP contribution in [0.3, 0.4) is 0 Å². The first-order valence-electron chi connectivity index (χ1n) is 7.68. The number of carbonyl (C=O) groups is 1. The van der Waals surface area contributed by atoms with Crippen LogP contribution in [-0.2, 0) is 9.53 Å². The summed E-state index contributed by atoms with van der Waals surface area (Å²) < 4.78 is 5.02. The average molecular weight is 268 g/mol. The number of esters is 1. The predicted molar refractivity (Wildman–Crippen MR) is 76.1 cm³/mol. The minimum Gasteiger partial charge on any atom is -0.468 e. The lowest BCUT2D eigenvalue weighted by molar-refractivity contribution is -0.148. The van der Waals surface area contributed by atoms with Crippen molar-refractivity contribution in [3.63, 3.8) is 0 Å². The predicted octanol–water partition coefficient (Wildman–Crippen LogP) is 1.93. The van der Waals surface area contributed by atoms with Gasteiger partial charge in [0.1, 0.15) is 5.54 Å². The smallest absolute Gasteiger partial charge is 0.326 e. The fourth-order valence-electron chi connectivity index (χ4n) is 3.93. The second-order valence-corrected chi connectivity index (χ2v) is 6.10. The molecule has 2 atom stereocenters. The van der Waals surface area contributed by atoms with Gasteiger partial charge in [-0.3, -0.25) is 4.79 Å². The zero-order valence-corrected chi connectivity index (χ0v) is 12.6. The van der Waals surface area contributed by atoms with Crippen LogP contribution >= 0.6 is 0 Å². The Balaban J connectivity index is 2.01. The van der Waals surface area contributed by atoms with Crippen LogP contribution in [0.5, 0.6) is 0 Å². The molecule has 0 amide bonds. The standard InChI is InChI=1S/C15H28N2O2/c1-4-16-15(14(18)19-3)10-9-13(11-15)17(2)12-7-5-6-8-12/h12-13,16H,4-11H2,1-3H3. The van der Waals surface area contributed by atoms with Crippen molar-refractivity contribution in [2.75, 3.05) is 20.7 Å². The van der Waals surface area contributed by atoms with E-state index in [4.69, 9.17) is 4.74 Å². The molecule has 0 aromatic carbocycles. The van der Waals surface area contributed by atoms with E-state index in [2.05, 4.69) is 24.2 Å². The Morgan fingerprint density at radius 2 is 2.00 bits per heavy atom. The largest absolute Gasteiger partial charge is 0.468 e. The lowest BCUT2D eigenvalue weighted by Gasteiger charge is -2.32. The molecule has 110 valence electrons. The molecule has 0 saturated heterocycles. The van der Waals surface area contributed by atoms with Gasteiger partial charge in [0.25, 0.3) is 0 Å². The highest BCUT2D eigenvalue weighted by molar-refractivity contribution is 5.81. The number of nitrogens with zero attached hydrogens (tertiary/aromatic N) is 1. The van der Waals surface area contributed by atoms with E-state index in [0.29, 0.717) is 6.04 Å². The van der Waals surface area contributed by atoms with Crippen LogP contribution in [0.15, 0.2) is 0 Å². The first-order valence-corrected chi connectivity index (χ1v) is 7.68. The Labute approximate surface area is 116 Å². The number of rotatable bonds is 5. The maximum Gasteiger partial charge on any atom is 0.326 e. The van der Waals surface area contributed by atoms with Crippen LogP contribution in [0.1, 0.15) is 51.9 Å². The van der Waals surface area contributed by atoms with E-state index < -0.39 is 5.54 Å². The van der Waals surface area contributed by atoms with Crippen molar-refractivity contribution >= 4 is 5.97 Å². The molecule has 1 N–H and O–H groups in total. The Morgan fingerprint density at radius 1 is 1.32 bits per heavy atom. The summed E-state index contributed by atoms with van der Waals surface area (Å²) in [4.78, 5) is 14.6. The van der Waals surface area contributed by atoms with Crippen LogP contribution in [0.25, 0.3) is 0 Å². The summed E-state index contributed by atoms with van der Waals surface area (Å²) in [7, 11) is 3.73. The van der Waals surface area contributed by atoms with E-state index in [1.54, 1.807) is 0 Å². The fourth-order valence-corrected chi connectivity index (χ4v) is 3.93. The zero-order valence-electron chi connectivity index (χ0n) is 12.6. The van der Waals surface area contributed by atoms with Crippen molar-refractivity contribution in [2.24, 2.45) is 0 Å². The average Bonchev–Trinajstić information content (AvgIpc) is 3.07. The molecule has 4 nitrogen and oxygen atoms in total. The molecule has 0 aromatic rings. The molecule has 2 rings (SSSR count). The second kappa shape index (κ2) is 6.23. The molecule has 0 bridgehead atoms. The van der Waals surface area contributed by atoms with Gasteiger partial charge in [-0.1, -0.05) is 19.8 Å². The fraction of sp³-hybridized carbons (Fsp3) is 0.933. The number of methoxy groups -OCH3 is 1. The molecule has 2 aliphatic rings. The van der Waals surface area contributed by atoms with Crippen LogP contribution in [0.2, 0.25) is 0 Å². The minimum absolute atomic E-state index is 0.0864. The SMILES string of the molecule is CCNC1(C(=O)OC)CCC(N(C)C2CCCC2)C1. The lowest BCUT2D eigenvalue weighted by atomic mass is 9.97. The third kappa shape index (κ3) is 2.95. The van der Waals surface area contributed by atoms with Gasteiger partial charge in [0.2, 0.25) is 0 Å². The van der Waals surface area contributed by atoms with Gasteiger partial charge in [-0.15, -0.1) is 0 Å². The maximum atomic E-state index is 12.1. The Morgan fingerprint density at radius 3 is 2.58 bits per heavy atom. The highest BCUT2D eigenvalue weighted by Crippen LogP contribution is 2.36. The van der Waals surface area contributed by atoms with Crippen molar-refractivity contribution in [3.8, 4) is 0 Å². The van der Waals surface area contributed by atoms with Crippen LogP contribution in [0, 0.1) is 0 Å². The summed E-state index contributed by atoms with van der Waals surface area (Å²) in [6, 6.07) is 1.24. The van der Waals surface area contributed by atoms with Gasteiger partial charge < -0.3 is 15.0 Å². The van der Waals surface area contributed by atoms with E-state index >= 15 is 0 Å². The molecule has 0 aliphatic heterocycles. The van der Waals surface area contributed by atoms with E-state index in [1.807, 2.05) is 0 Å². The zero-order chi connectivity index (χ0) is 13.9. The molecule has 0 spiro atoms. The van der Waals surface area contributed by atoms with Crippen molar-refractivity contribution in [2.45, 2.75) is 69.5 Å². The van der Waals surface area contributed by atoms with Gasteiger partial charge >= 0.3 is 5.97 Å². The quantitative estimate of drug-likeness (QED) is 0.774. The second-order valence-electron chi connectivity index (χ2n) is 6.10. The molecule has 2 unspecified atom stereocenters. The molecule has 0 radical (unpaired) electrons. The topological polar surface area (TPSA) is 41.6 Å². The first kappa shape index (κ1) is 14.8. The Hall–Kier alpha value is -0.610. The van der Waals surface area contributed by atoms with Crippen LogP contribution in [-0.4, -0.2) is 49.2 Å². The molecule has 0 aromatic heterocycles. The molecule has 2 aliphatic carbocycles. The first-order chi connectivity index (χ1) is 9.13. The van der Waals surface area contributed by atoms with Crippen LogP contribution in [0.4, 0.5) is 0 Å². The highest BCUT2D eigenvalue weighted by atomic mass is 16.5. The number of ether oxygens (including phenoxy) is 1. The molecule has 2 saturated carbocycles. The molecular weight excluding hydrogens is 240 g/mol. The van der Waals surface area contributed by atoms with E-state index in [-0.39, 0.29) is 5.97 Å². The summed E-state index contributed by atoms with van der Waals surface area (Å²) in [5.74, 6) is -0.0864. The van der Waals surface area contributed by atoms with E-state index in [0.717, 1.165) is 31.8 Å². The summed E-state index contributed by atoms with van der Waals surface area (Å²) >= 11 is 0. The van der Waals surface area contributed by atoms with E-state index in [1.165, 1.54) is 32.8 Å². The summed E-state index contributed by atoms with van der Waals surface area (Å²) in [5.41, 5.74) is -0.443. The van der Waals surface area contributed by atoms with Crippen molar-refractivity contribution in [1.29, 1.82) is 0 Å². The summed E-state index contributed by atoms with van der Waals surface area (Å²) in [6.07, 6.45) is 8.23. The Bertz CT molecular complexity index is 315. The van der Waals surface area contributed by atoms with Crippen molar-refractivity contribution in [1.82, 2.24) is 10.2 Å². The number of nitrogens with one attached hydrogen (secondary N) is 1. The molecule has 0 heterocycles. The third-order valence-electron chi connectivity index (χ3n) is 5.06. The summed E-state index contributed by atoms with van der Waals surface area (Å²) in [6.45, 7) is 2.87. The van der Waals surface area contributed by atoms with Gasteiger partial charge in [0, 0.05) is 12.1 Å². The summed E-state index contributed by atoms with van der Waals surface area (Å²) in [5, 5.41) is 3.38. The van der Waals surface area contributed by atoms with E-state index in [9.17, 15) is 4.79 Å². The van der Waals surface area contributed by atoms with Gasteiger partial charge in [-0.2, -0.15) is 0 Å². The molecule has 19 heavy (non-hydrogen) atoms. The third-order valence-corrected chi connectivity index (χ3v) is 5.06. The maximum absolute atomic E-state index is 12.1. The monoisotopic (exact) mass is 268 g/mol. The normalized spacial score (nSPS) is 32.1. The number of likely N-dealkylation sites (N-methyl/N-ethyl adjacent to an activating group) is 1. The van der Waals surface area contributed by atoms with Crippen LogP contribution < -0.4 is 5.32 Å². The number of hydrogen-bond donors (Lipinski definition) is 1. The molecule has 4 heteroatoms. The highest BCUT2D eigenvalue weighted by Gasteiger charge is 2.47. The minimum atomic E-state index is -0.443. The number of carbonyl (C=O) groups excluding carboxylic acids is 1. The van der Waals surface area contributed by atoms with Gasteiger partial charge in [0.05, 0.1) is 7.11 Å². The van der Waals surface area contributed by atoms with Crippen molar-refractivity contribution < 1.29 is 9.53 Å². The molecule has 2 fully saturated rings. The van der Waals surface area contributed by atoms with Gasteiger partial charge in [-0.05, 0) is 45.7 Å².